The number of thioether (sulfide) groups is 1. The first kappa shape index (κ1) is 12.0. The Morgan fingerprint density at radius 1 is 1.06 bits per heavy atom. The van der Waals surface area contributed by atoms with Crippen LogP contribution in [0, 0.1) is 6.92 Å². The maximum Gasteiger partial charge on any atom is 0.294 e. The van der Waals surface area contributed by atoms with Crippen molar-refractivity contribution < 1.29 is 13.0 Å². The largest absolute Gasteiger partial charge is 0.294 e. The first-order valence-corrected chi connectivity index (χ1v) is 8.16. The molecule has 0 saturated carbocycles. The van der Waals surface area contributed by atoms with Crippen molar-refractivity contribution in [3.63, 3.8) is 0 Å². The van der Waals surface area contributed by atoms with Crippen LogP contribution in [0.15, 0.2) is 29.2 Å². The van der Waals surface area contributed by atoms with E-state index < -0.39 is 10.1 Å². The van der Waals surface area contributed by atoms with Gasteiger partial charge in [-0.1, -0.05) is 12.1 Å². The minimum Gasteiger partial charge on any atom is -0.282 e. The quantitative estimate of drug-likeness (QED) is 0.815. The molecule has 3 rings (SSSR count). The highest BCUT2D eigenvalue weighted by molar-refractivity contribution is 7.98. The molecular formula is C13H12O3S2. The molecule has 2 aromatic carbocycles. The van der Waals surface area contributed by atoms with Crippen molar-refractivity contribution in [3.8, 4) is 0 Å². The number of rotatable bonds is 1. The molecule has 0 radical (unpaired) electrons. The SMILES string of the molecule is Cc1cc2cc3c(cc2cc1S(=O)(=O)O)CSC3. The molecule has 0 unspecified atom stereocenters. The Bertz CT molecular complexity index is 748. The topological polar surface area (TPSA) is 54.4 Å². The average Bonchev–Trinajstić information content (AvgIpc) is 2.70. The lowest BCUT2D eigenvalue weighted by atomic mass is 10.0. The van der Waals surface area contributed by atoms with Crippen molar-refractivity contribution in [1.82, 2.24) is 0 Å². The zero-order chi connectivity index (χ0) is 12.9. The van der Waals surface area contributed by atoms with Crippen LogP contribution in [0.2, 0.25) is 0 Å². The summed E-state index contributed by atoms with van der Waals surface area (Å²) in [7, 11) is -4.14. The van der Waals surface area contributed by atoms with Crippen molar-refractivity contribution in [2.45, 2.75) is 23.3 Å². The van der Waals surface area contributed by atoms with E-state index in [9.17, 15) is 13.0 Å². The maximum absolute atomic E-state index is 11.3. The third-order valence-corrected chi connectivity index (χ3v) is 5.27. The Labute approximate surface area is 110 Å². The van der Waals surface area contributed by atoms with Crippen LogP contribution >= 0.6 is 11.8 Å². The van der Waals surface area contributed by atoms with Crippen LogP contribution in [0.4, 0.5) is 0 Å². The second-order valence-corrected chi connectivity index (χ2v) is 6.93. The van der Waals surface area contributed by atoms with Gasteiger partial charge in [0.1, 0.15) is 0 Å². The lowest BCUT2D eigenvalue weighted by molar-refractivity contribution is 0.482. The van der Waals surface area contributed by atoms with Crippen LogP contribution in [0.3, 0.4) is 0 Å². The van der Waals surface area contributed by atoms with Gasteiger partial charge in [-0.05, 0) is 46.5 Å². The van der Waals surface area contributed by atoms with Crippen molar-refractivity contribution in [1.29, 1.82) is 0 Å². The van der Waals surface area contributed by atoms with Gasteiger partial charge in [0.05, 0.1) is 4.90 Å². The van der Waals surface area contributed by atoms with Crippen LogP contribution in [0.25, 0.3) is 10.8 Å². The minimum absolute atomic E-state index is 0.000556. The van der Waals surface area contributed by atoms with Gasteiger partial charge >= 0.3 is 0 Å². The molecule has 2 aromatic rings. The number of benzene rings is 2. The molecule has 94 valence electrons. The van der Waals surface area contributed by atoms with E-state index in [-0.39, 0.29) is 4.90 Å². The van der Waals surface area contributed by atoms with Crippen molar-refractivity contribution in [2.24, 2.45) is 0 Å². The molecule has 0 amide bonds. The van der Waals surface area contributed by atoms with Crippen LogP contribution in [-0.4, -0.2) is 13.0 Å². The molecule has 5 heteroatoms. The Balaban J connectivity index is 2.33. The van der Waals surface area contributed by atoms with Gasteiger partial charge in [-0.25, -0.2) is 0 Å². The molecule has 0 bridgehead atoms. The summed E-state index contributed by atoms with van der Waals surface area (Å²) in [5, 5.41) is 1.90. The van der Waals surface area contributed by atoms with Gasteiger partial charge in [0.15, 0.2) is 0 Å². The van der Waals surface area contributed by atoms with E-state index in [4.69, 9.17) is 0 Å². The van der Waals surface area contributed by atoms with Gasteiger partial charge in [0.25, 0.3) is 10.1 Å². The van der Waals surface area contributed by atoms with Gasteiger partial charge in [0, 0.05) is 11.5 Å². The molecule has 1 N–H and O–H groups in total. The zero-order valence-electron chi connectivity index (χ0n) is 9.80. The summed E-state index contributed by atoms with van der Waals surface area (Å²) in [5.74, 6) is 1.99. The summed E-state index contributed by atoms with van der Waals surface area (Å²) < 4.78 is 31.8. The molecule has 18 heavy (non-hydrogen) atoms. The molecule has 0 fully saturated rings. The van der Waals surface area contributed by atoms with E-state index in [1.165, 1.54) is 11.1 Å². The van der Waals surface area contributed by atoms with E-state index in [2.05, 4.69) is 6.07 Å². The van der Waals surface area contributed by atoms with E-state index in [1.54, 1.807) is 13.0 Å². The first-order chi connectivity index (χ1) is 8.45. The molecule has 1 heterocycles. The fraction of sp³-hybridized carbons (Fsp3) is 0.231. The molecule has 1 aliphatic heterocycles. The normalized spacial score (nSPS) is 15.0. The van der Waals surface area contributed by atoms with Gasteiger partial charge < -0.3 is 0 Å². The fourth-order valence-electron chi connectivity index (χ4n) is 2.35. The van der Waals surface area contributed by atoms with Crippen LogP contribution in [-0.2, 0) is 21.6 Å². The van der Waals surface area contributed by atoms with Crippen molar-refractivity contribution >= 4 is 32.7 Å². The molecule has 0 aliphatic carbocycles. The molecule has 0 aromatic heterocycles. The summed E-state index contributed by atoms with van der Waals surface area (Å²) in [5.41, 5.74) is 3.17. The van der Waals surface area contributed by atoms with Gasteiger partial charge in [-0.3, -0.25) is 4.55 Å². The number of hydrogen-bond acceptors (Lipinski definition) is 3. The maximum atomic E-state index is 11.3. The van der Waals surface area contributed by atoms with Crippen LogP contribution < -0.4 is 0 Å². The lowest BCUT2D eigenvalue weighted by Crippen LogP contribution is -2.01. The molecule has 0 atom stereocenters. The minimum atomic E-state index is -4.14. The number of aryl methyl sites for hydroxylation is 1. The molecule has 1 aliphatic rings. The summed E-state index contributed by atoms with van der Waals surface area (Å²) in [6.45, 7) is 1.70. The molecular weight excluding hydrogens is 268 g/mol. The second kappa shape index (κ2) is 3.98. The average molecular weight is 280 g/mol. The number of fused-ring (bicyclic) bond motifs is 2. The highest BCUT2D eigenvalue weighted by atomic mass is 32.2. The standard InChI is InChI=1S/C13H12O3S2/c1-8-2-9-3-11-6-17-7-12(11)4-10(9)5-13(8)18(14,15)16/h2-5H,6-7H2,1H3,(H,14,15,16). The van der Waals surface area contributed by atoms with Gasteiger partial charge in [-0.15, -0.1) is 0 Å². The summed E-state index contributed by atoms with van der Waals surface area (Å²) in [4.78, 5) is 0.000556. The predicted molar refractivity (Wildman–Crippen MR) is 73.5 cm³/mol. The third-order valence-electron chi connectivity index (χ3n) is 3.25. The summed E-state index contributed by atoms with van der Waals surface area (Å²) >= 11 is 1.86. The second-order valence-electron chi connectivity index (χ2n) is 4.55. The molecule has 0 spiro atoms. The van der Waals surface area contributed by atoms with E-state index in [1.807, 2.05) is 23.9 Å². The van der Waals surface area contributed by atoms with Crippen molar-refractivity contribution in [3.05, 3.63) is 41.0 Å². The van der Waals surface area contributed by atoms with Gasteiger partial charge in [0.2, 0.25) is 0 Å². The Hall–Kier alpha value is -1.04. The van der Waals surface area contributed by atoms with Crippen molar-refractivity contribution in [2.75, 3.05) is 0 Å². The highest BCUT2D eigenvalue weighted by Gasteiger charge is 2.17. The highest BCUT2D eigenvalue weighted by Crippen LogP contribution is 2.34. The molecule has 0 saturated heterocycles. The Morgan fingerprint density at radius 2 is 1.61 bits per heavy atom. The van der Waals surface area contributed by atoms with E-state index >= 15 is 0 Å². The third kappa shape index (κ3) is 1.92. The smallest absolute Gasteiger partial charge is 0.282 e. The predicted octanol–water partition coefficient (Wildman–Crippen LogP) is 3.14. The Kier molecular flexibility index (Phi) is 2.66. The summed E-state index contributed by atoms with van der Waals surface area (Å²) in [6, 6.07) is 7.52. The Morgan fingerprint density at radius 3 is 2.17 bits per heavy atom. The summed E-state index contributed by atoms with van der Waals surface area (Å²) in [6.07, 6.45) is 0. The monoisotopic (exact) mass is 280 g/mol. The van der Waals surface area contributed by atoms with E-state index in [0.717, 1.165) is 22.3 Å². The lowest BCUT2D eigenvalue weighted by Gasteiger charge is -2.07. The number of hydrogen-bond donors (Lipinski definition) is 1. The van der Waals surface area contributed by atoms with E-state index in [0.29, 0.717) is 5.56 Å². The first-order valence-electron chi connectivity index (χ1n) is 5.56. The molecule has 3 nitrogen and oxygen atoms in total. The zero-order valence-corrected chi connectivity index (χ0v) is 11.4. The fourth-order valence-corrected chi connectivity index (χ4v) is 4.18. The van der Waals surface area contributed by atoms with Crippen LogP contribution in [0.1, 0.15) is 16.7 Å². The van der Waals surface area contributed by atoms with Crippen LogP contribution in [0.5, 0.6) is 0 Å². The van der Waals surface area contributed by atoms with Gasteiger partial charge in [-0.2, -0.15) is 20.2 Å².